The molecule has 0 radical (unpaired) electrons. The minimum Gasteiger partial charge on any atom is -0.478 e. The molecule has 2 aromatic rings. The molecule has 0 amide bonds. The number of carbonyl (C=O) groups is 1. The third kappa shape index (κ3) is 3.33. The van der Waals surface area contributed by atoms with Crippen LogP contribution in [0, 0.1) is 17.0 Å². The number of nitrogens with one attached hydrogen (secondary N) is 1. The van der Waals surface area contributed by atoms with Crippen molar-refractivity contribution in [2.24, 2.45) is 0 Å². The van der Waals surface area contributed by atoms with Crippen LogP contribution in [-0.2, 0) is 6.54 Å². The highest BCUT2D eigenvalue weighted by Gasteiger charge is 2.13. The minimum absolute atomic E-state index is 0.0314. The fourth-order valence-electron chi connectivity index (χ4n) is 1.91. The number of anilines is 1. The quantitative estimate of drug-likeness (QED) is 0.646. The van der Waals surface area contributed by atoms with Gasteiger partial charge in [-0.25, -0.2) is 9.78 Å². The number of nitro groups is 1. The molecule has 7 nitrogen and oxygen atoms in total. The number of nitrogens with zero attached hydrogens (tertiary/aromatic N) is 2. The third-order valence-corrected chi connectivity index (χ3v) is 2.96. The number of carboxylic acid groups (broad SMARTS) is 1. The number of aryl methyl sites for hydroxylation is 1. The van der Waals surface area contributed by atoms with Crippen molar-refractivity contribution >= 4 is 17.5 Å². The number of aromatic nitrogens is 1. The first-order valence-corrected chi connectivity index (χ1v) is 6.16. The van der Waals surface area contributed by atoms with E-state index in [4.69, 9.17) is 5.11 Å². The molecule has 1 aromatic carbocycles. The average molecular weight is 287 g/mol. The van der Waals surface area contributed by atoms with Crippen LogP contribution < -0.4 is 5.32 Å². The first-order chi connectivity index (χ1) is 9.99. The van der Waals surface area contributed by atoms with Crippen LogP contribution in [0.5, 0.6) is 0 Å². The maximum atomic E-state index is 10.9. The van der Waals surface area contributed by atoms with Crippen molar-refractivity contribution in [1.29, 1.82) is 0 Å². The van der Waals surface area contributed by atoms with E-state index in [0.717, 1.165) is 0 Å². The third-order valence-electron chi connectivity index (χ3n) is 2.96. The molecule has 0 unspecified atom stereocenters. The highest BCUT2D eigenvalue weighted by molar-refractivity contribution is 5.89. The number of hydrogen-bond donors (Lipinski definition) is 2. The molecule has 0 fully saturated rings. The number of pyridine rings is 1. The fraction of sp³-hybridized carbons (Fsp3) is 0.143. The summed E-state index contributed by atoms with van der Waals surface area (Å²) in [7, 11) is 0. The van der Waals surface area contributed by atoms with Crippen molar-refractivity contribution < 1.29 is 14.8 Å². The molecule has 1 aromatic heterocycles. The smallest absolute Gasteiger partial charge is 0.337 e. The molecule has 1 heterocycles. The lowest BCUT2D eigenvalue weighted by Crippen LogP contribution is -2.07. The van der Waals surface area contributed by atoms with Crippen LogP contribution in [0.1, 0.15) is 21.6 Å². The van der Waals surface area contributed by atoms with Crippen LogP contribution in [0.15, 0.2) is 36.4 Å². The fourth-order valence-corrected chi connectivity index (χ4v) is 1.91. The van der Waals surface area contributed by atoms with Crippen LogP contribution in [0.3, 0.4) is 0 Å². The SMILES string of the molecule is Cc1nc(NCc2ccccc2[N+](=O)[O-])ccc1C(=O)O. The summed E-state index contributed by atoms with van der Waals surface area (Å²) in [6, 6.07) is 9.40. The second-order valence-electron chi connectivity index (χ2n) is 4.37. The lowest BCUT2D eigenvalue weighted by molar-refractivity contribution is -0.385. The standard InChI is InChI=1S/C14H13N3O4/c1-9-11(14(18)19)6-7-13(16-9)15-8-10-4-2-3-5-12(10)17(20)21/h2-7H,8H2,1H3,(H,15,16)(H,18,19). The van der Waals surface area contributed by atoms with E-state index in [9.17, 15) is 14.9 Å². The highest BCUT2D eigenvalue weighted by Crippen LogP contribution is 2.19. The highest BCUT2D eigenvalue weighted by atomic mass is 16.6. The van der Waals surface area contributed by atoms with E-state index < -0.39 is 10.9 Å². The number of nitro benzene ring substituents is 1. The van der Waals surface area contributed by atoms with Crippen molar-refractivity contribution in [3.63, 3.8) is 0 Å². The van der Waals surface area contributed by atoms with Gasteiger partial charge >= 0.3 is 5.97 Å². The molecule has 108 valence electrons. The molecule has 0 aliphatic rings. The summed E-state index contributed by atoms with van der Waals surface area (Å²) in [6.07, 6.45) is 0. The Kier molecular flexibility index (Phi) is 4.13. The first kappa shape index (κ1) is 14.4. The zero-order valence-corrected chi connectivity index (χ0v) is 11.2. The monoisotopic (exact) mass is 287 g/mol. The normalized spacial score (nSPS) is 10.1. The molecule has 21 heavy (non-hydrogen) atoms. The maximum absolute atomic E-state index is 10.9. The van der Waals surface area contributed by atoms with Crippen molar-refractivity contribution in [1.82, 2.24) is 4.98 Å². The predicted molar refractivity (Wildman–Crippen MR) is 76.4 cm³/mol. The van der Waals surface area contributed by atoms with Crippen LogP contribution >= 0.6 is 0 Å². The maximum Gasteiger partial charge on any atom is 0.337 e. The summed E-state index contributed by atoms with van der Waals surface area (Å²) in [5.41, 5.74) is 1.08. The van der Waals surface area contributed by atoms with Gasteiger partial charge in [-0.15, -0.1) is 0 Å². The summed E-state index contributed by atoms with van der Waals surface area (Å²) in [6.45, 7) is 1.83. The Morgan fingerprint density at radius 1 is 1.33 bits per heavy atom. The van der Waals surface area contributed by atoms with Gasteiger partial charge < -0.3 is 10.4 Å². The molecule has 2 rings (SSSR count). The van der Waals surface area contributed by atoms with Crippen molar-refractivity contribution in [3.05, 3.63) is 63.3 Å². The van der Waals surface area contributed by atoms with E-state index >= 15 is 0 Å². The van der Waals surface area contributed by atoms with Crippen molar-refractivity contribution in [2.45, 2.75) is 13.5 Å². The topological polar surface area (TPSA) is 105 Å². The lowest BCUT2D eigenvalue weighted by Gasteiger charge is -2.08. The summed E-state index contributed by atoms with van der Waals surface area (Å²) >= 11 is 0. The molecular formula is C14H13N3O4. The molecule has 0 bridgehead atoms. The van der Waals surface area contributed by atoms with Crippen molar-refractivity contribution in [3.8, 4) is 0 Å². The van der Waals surface area contributed by atoms with Crippen LogP contribution in [0.4, 0.5) is 11.5 Å². The average Bonchev–Trinajstić information content (AvgIpc) is 2.45. The Bertz CT molecular complexity index is 700. The molecule has 0 aliphatic carbocycles. The van der Waals surface area contributed by atoms with Gasteiger partial charge in [0, 0.05) is 18.2 Å². The van der Waals surface area contributed by atoms with Crippen LogP contribution in [-0.4, -0.2) is 21.0 Å². The van der Waals surface area contributed by atoms with E-state index in [1.165, 1.54) is 18.2 Å². The van der Waals surface area contributed by atoms with Gasteiger partial charge in [-0.1, -0.05) is 18.2 Å². The molecule has 0 aliphatic heterocycles. The Morgan fingerprint density at radius 3 is 2.67 bits per heavy atom. The Balaban J connectivity index is 2.16. The molecule has 2 N–H and O–H groups in total. The molecule has 0 saturated heterocycles. The van der Waals surface area contributed by atoms with Gasteiger partial charge in [-0.3, -0.25) is 10.1 Å². The van der Waals surface area contributed by atoms with E-state index in [0.29, 0.717) is 17.1 Å². The molecule has 7 heteroatoms. The van der Waals surface area contributed by atoms with Gasteiger partial charge in [0.05, 0.1) is 16.2 Å². The second-order valence-corrected chi connectivity index (χ2v) is 4.37. The molecular weight excluding hydrogens is 274 g/mol. The van der Waals surface area contributed by atoms with E-state index in [1.54, 1.807) is 25.1 Å². The van der Waals surface area contributed by atoms with Gasteiger partial charge in [0.25, 0.3) is 5.69 Å². The number of rotatable bonds is 5. The van der Waals surface area contributed by atoms with Gasteiger partial charge in [0.2, 0.25) is 0 Å². The Labute approximate surface area is 120 Å². The largest absolute Gasteiger partial charge is 0.478 e. The molecule has 0 saturated carbocycles. The van der Waals surface area contributed by atoms with Crippen molar-refractivity contribution in [2.75, 3.05) is 5.32 Å². The Hall–Kier alpha value is -2.96. The number of hydrogen-bond acceptors (Lipinski definition) is 5. The number of aromatic carboxylic acids is 1. The van der Waals surface area contributed by atoms with Gasteiger partial charge in [-0.05, 0) is 19.1 Å². The van der Waals surface area contributed by atoms with E-state index in [-0.39, 0.29) is 17.8 Å². The number of carboxylic acids is 1. The summed E-state index contributed by atoms with van der Waals surface area (Å²) in [4.78, 5) is 25.5. The molecule has 0 spiro atoms. The molecule has 0 atom stereocenters. The summed E-state index contributed by atoms with van der Waals surface area (Å²) < 4.78 is 0. The summed E-state index contributed by atoms with van der Waals surface area (Å²) in [5, 5.41) is 22.8. The zero-order chi connectivity index (χ0) is 15.4. The van der Waals surface area contributed by atoms with Gasteiger partial charge in [0.1, 0.15) is 5.82 Å². The lowest BCUT2D eigenvalue weighted by atomic mass is 10.1. The first-order valence-electron chi connectivity index (χ1n) is 6.16. The van der Waals surface area contributed by atoms with E-state index in [2.05, 4.69) is 10.3 Å². The summed E-state index contributed by atoms with van der Waals surface area (Å²) in [5.74, 6) is -0.569. The van der Waals surface area contributed by atoms with Gasteiger partial charge in [-0.2, -0.15) is 0 Å². The minimum atomic E-state index is -1.04. The van der Waals surface area contributed by atoms with Gasteiger partial charge in [0.15, 0.2) is 0 Å². The van der Waals surface area contributed by atoms with Crippen LogP contribution in [0.25, 0.3) is 0 Å². The van der Waals surface area contributed by atoms with Crippen LogP contribution in [0.2, 0.25) is 0 Å². The predicted octanol–water partition coefficient (Wildman–Crippen LogP) is 2.61. The number of benzene rings is 1. The second kappa shape index (κ2) is 6.00. The zero-order valence-electron chi connectivity index (χ0n) is 11.2. The Morgan fingerprint density at radius 2 is 2.05 bits per heavy atom. The van der Waals surface area contributed by atoms with E-state index in [1.807, 2.05) is 0 Å². The number of para-hydroxylation sites is 1.